The summed E-state index contributed by atoms with van der Waals surface area (Å²) in [7, 11) is 0. The second-order valence-electron chi connectivity index (χ2n) is 20.6. The van der Waals surface area contributed by atoms with Gasteiger partial charge >= 0.3 is 17.9 Å². The van der Waals surface area contributed by atoms with Gasteiger partial charge in [-0.1, -0.05) is 257 Å². The molecule has 0 fully saturated rings. The zero-order valence-corrected chi connectivity index (χ0v) is 49.9. The number of esters is 3. The van der Waals surface area contributed by atoms with Crippen LogP contribution in [0.15, 0.2) is 134 Å². The predicted octanol–water partition coefficient (Wildman–Crippen LogP) is 21.8. The Balaban J connectivity index is 4.43. The smallest absolute Gasteiger partial charge is 0.306 e. The van der Waals surface area contributed by atoms with Crippen LogP contribution in [0.1, 0.15) is 278 Å². The number of unbranched alkanes of at least 4 members (excludes halogenated alkanes) is 23. The number of hydrogen-bond donors (Lipinski definition) is 0. The maximum absolute atomic E-state index is 12.9. The molecule has 0 spiro atoms. The van der Waals surface area contributed by atoms with Crippen LogP contribution >= 0.6 is 0 Å². The number of ether oxygens (including phenoxy) is 3. The highest BCUT2D eigenvalue weighted by Gasteiger charge is 2.19. The Morgan fingerprint density at radius 3 is 0.844 bits per heavy atom. The topological polar surface area (TPSA) is 78.9 Å². The van der Waals surface area contributed by atoms with E-state index < -0.39 is 6.10 Å². The third kappa shape index (κ3) is 62.3. The van der Waals surface area contributed by atoms with Crippen molar-refractivity contribution in [2.24, 2.45) is 0 Å². The minimum Gasteiger partial charge on any atom is -0.462 e. The van der Waals surface area contributed by atoms with E-state index in [9.17, 15) is 14.4 Å². The summed E-state index contributed by atoms with van der Waals surface area (Å²) in [6.07, 6.45) is 90.2. The van der Waals surface area contributed by atoms with E-state index in [1.807, 2.05) is 0 Å². The lowest BCUT2D eigenvalue weighted by Crippen LogP contribution is -2.30. The lowest BCUT2D eigenvalue weighted by Gasteiger charge is -2.18. The summed E-state index contributed by atoms with van der Waals surface area (Å²) in [5.74, 6) is -0.939. The molecule has 0 radical (unpaired) electrons. The summed E-state index contributed by atoms with van der Waals surface area (Å²) in [5, 5.41) is 0. The van der Waals surface area contributed by atoms with Crippen LogP contribution in [0.25, 0.3) is 0 Å². The van der Waals surface area contributed by atoms with E-state index in [-0.39, 0.29) is 31.1 Å². The van der Waals surface area contributed by atoms with Crippen molar-refractivity contribution in [1.82, 2.24) is 0 Å². The molecule has 0 rings (SSSR count). The van der Waals surface area contributed by atoms with Crippen LogP contribution in [0, 0.1) is 0 Å². The molecule has 0 saturated carbocycles. The van der Waals surface area contributed by atoms with Gasteiger partial charge in [0.2, 0.25) is 0 Å². The van der Waals surface area contributed by atoms with Crippen LogP contribution in [0.4, 0.5) is 0 Å². The first-order valence-electron chi connectivity index (χ1n) is 31.7. The molecule has 6 heteroatoms. The normalized spacial score (nSPS) is 13.0. The Hall–Kier alpha value is -4.45. The number of carbonyl (C=O) groups excluding carboxylic acids is 3. The summed E-state index contributed by atoms with van der Waals surface area (Å²) in [6, 6.07) is 0. The summed E-state index contributed by atoms with van der Waals surface area (Å²) >= 11 is 0. The highest BCUT2D eigenvalue weighted by atomic mass is 16.6. The molecule has 436 valence electrons. The molecule has 0 amide bonds. The second-order valence-corrected chi connectivity index (χ2v) is 20.6. The average molecular weight is 1070 g/mol. The van der Waals surface area contributed by atoms with E-state index >= 15 is 0 Å². The number of allylic oxidation sites excluding steroid dienone is 22. The number of hydrogen-bond acceptors (Lipinski definition) is 6. The van der Waals surface area contributed by atoms with Gasteiger partial charge in [0.25, 0.3) is 0 Å². The molecule has 0 N–H and O–H groups in total. The lowest BCUT2D eigenvalue weighted by molar-refractivity contribution is -0.167. The van der Waals surface area contributed by atoms with Crippen molar-refractivity contribution in [3.8, 4) is 0 Å². The molecule has 0 aliphatic heterocycles. The zero-order valence-electron chi connectivity index (χ0n) is 49.9. The van der Waals surface area contributed by atoms with Crippen molar-refractivity contribution >= 4 is 17.9 Å². The van der Waals surface area contributed by atoms with E-state index in [1.54, 1.807) is 0 Å². The molecule has 0 heterocycles. The molecule has 6 nitrogen and oxygen atoms in total. The molecule has 0 aliphatic carbocycles. The van der Waals surface area contributed by atoms with Gasteiger partial charge < -0.3 is 14.2 Å². The number of rotatable bonds is 56. The fourth-order valence-corrected chi connectivity index (χ4v) is 8.37. The van der Waals surface area contributed by atoms with Crippen LogP contribution in [0.5, 0.6) is 0 Å². The van der Waals surface area contributed by atoms with Gasteiger partial charge in [-0.2, -0.15) is 0 Å². The molecule has 0 aromatic rings. The van der Waals surface area contributed by atoms with Gasteiger partial charge in [0, 0.05) is 19.3 Å². The molecular weight excluding hydrogens is 949 g/mol. The molecule has 0 aromatic carbocycles. The van der Waals surface area contributed by atoms with Crippen LogP contribution in [-0.2, 0) is 28.6 Å². The van der Waals surface area contributed by atoms with E-state index in [0.717, 1.165) is 167 Å². The van der Waals surface area contributed by atoms with Crippen molar-refractivity contribution in [2.45, 2.75) is 284 Å². The van der Waals surface area contributed by atoms with Crippen LogP contribution in [-0.4, -0.2) is 37.2 Å². The van der Waals surface area contributed by atoms with Gasteiger partial charge in [0.05, 0.1) is 0 Å². The Kier molecular flexibility index (Phi) is 60.4. The van der Waals surface area contributed by atoms with Gasteiger partial charge in [-0.3, -0.25) is 14.4 Å². The maximum Gasteiger partial charge on any atom is 0.306 e. The number of carbonyl (C=O) groups is 3. The first kappa shape index (κ1) is 72.5. The molecule has 0 aliphatic rings. The van der Waals surface area contributed by atoms with Gasteiger partial charge in [0.1, 0.15) is 13.2 Å². The summed E-state index contributed by atoms with van der Waals surface area (Å²) in [6.45, 7) is 6.42. The molecule has 1 unspecified atom stereocenters. The first-order chi connectivity index (χ1) is 38.0. The van der Waals surface area contributed by atoms with E-state index in [4.69, 9.17) is 14.2 Å². The zero-order chi connectivity index (χ0) is 55.7. The van der Waals surface area contributed by atoms with Crippen LogP contribution in [0.2, 0.25) is 0 Å². The van der Waals surface area contributed by atoms with E-state index in [1.165, 1.54) is 70.6 Å². The van der Waals surface area contributed by atoms with Crippen molar-refractivity contribution < 1.29 is 28.6 Å². The Bertz CT molecular complexity index is 1650. The summed E-state index contributed by atoms with van der Waals surface area (Å²) in [5.41, 5.74) is 0. The van der Waals surface area contributed by atoms with Crippen LogP contribution in [0.3, 0.4) is 0 Å². The second kappa shape index (κ2) is 64.1. The molecule has 0 bridgehead atoms. The highest BCUT2D eigenvalue weighted by molar-refractivity contribution is 5.71. The van der Waals surface area contributed by atoms with Crippen molar-refractivity contribution in [3.63, 3.8) is 0 Å². The van der Waals surface area contributed by atoms with E-state index in [0.29, 0.717) is 19.3 Å². The minimum atomic E-state index is -0.804. The minimum absolute atomic E-state index is 0.0994. The third-order valence-electron chi connectivity index (χ3n) is 13.1. The monoisotopic (exact) mass is 1060 g/mol. The molecule has 0 aromatic heterocycles. The highest BCUT2D eigenvalue weighted by Crippen LogP contribution is 2.14. The van der Waals surface area contributed by atoms with Crippen molar-refractivity contribution in [2.75, 3.05) is 13.2 Å². The Labute approximate surface area is 475 Å². The fraction of sp³-hybridized carbons (Fsp3) is 0.648. The van der Waals surface area contributed by atoms with Crippen LogP contribution < -0.4 is 0 Å². The standard InChI is InChI=1S/C71H116O6/c1-4-7-10-13-16-19-22-25-27-29-31-33-34-35-36-38-39-41-43-46-49-52-55-58-61-64-70(73)76-67-68(66-75-69(72)63-60-57-54-51-48-45-24-21-18-15-12-9-6-3)77-71(74)65-62-59-56-53-50-47-44-42-40-37-32-30-28-26-23-20-17-14-11-8-5-2/h7,10,12,15-16,19,21,23-27,30-33,35-36,39-42,68H,4-6,8-9,11,13-14,17-18,20,22,28-29,34,37-38,43-67H2,1-3H3/b10-7-,15-12-,19-16-,24-21-,26-23-,27-25-,32-30-,33-31-,36-35-,41-39-,42-40-. The first-order valence-corrected chi connectivity index (χ1v) is 31.7. The molecular formula is C71H116O6. The quantitative estimate of drug-likeness (QED) is 0.0261. The molecule has 77 heavy (non-hydrogen) atoms. The molecule has 1 atom stereocenters. The van der Waals surface area contributed by atoms with Crippen molar-refractivity contribution in [1.29, 1.82) is 0 Å². The molecule has 0 saturated heterocycles. The largest absolute Gasteiger partial charge is 0.462 e. The average Bonchev–Trinajstić information content (AvgIpc) is 3.43. The Morgan fingerprint density at radius 1 is 0.273 bits per heavy atom. The SMILES string of the molecule is CC/C=C\C/C=C\C/C=C\C/C=C\C/C=C\C/C=C\CCCCCCCCC(=O)OCC(COC(=O)CCCCCCC/C=C\C/C=C\CCC)OC(=O)CCCCCCCC/C=C\C/C=C\C/C=C\CCCCCCC. The van der Waals surface area contributed by atoms with Gasteiger partial charge in [-0.05, 0) is 135 Å². The van der Waals surface area contributed by atoms with E-state index in [2.05, 4.69) is 154 Å². The van der Waals surface area contributed by atoms with Crippen molar-refractivity contribution in [3.05, 3.63) is 134 Å². The van der Waals surface area contributed by atoms with Gasteiger partial charge in [-0.25, -0.2) is 0 Å². The lowest BCUT2D eigenvalue weighted by atomic mass is 10.1. The maximum atomic E-state index is 12.9. The third-order valence-corrected chi connectivity index (χ3v) is 13.1. The van der Waals surface area contributed by atoms with Gasteiger partial charge in [0.15, 0.2) is 6.10 Å². The fourth-order valence-electron chi connectivity index (χ4n) is 8.37. The van der Waals surface area contributed by atoms with Gasteiger partial charge in [-0.15, -0.1) is 0 Å². The Morgan fingerprint density at radius 2 is 0.532 bits per heavy atom. The predicted molar refractivity (Wildman–Crippen MR) is 334 cm³/mol. The summed E-state index contributed by atoms with van der Waals surface area (Å²) < 4.78 is 16.9. The summed E-state index contributed by atoms with van der Waals surface area (Å²) in [4.78, 5) is 38.3.